The van der Waals surface area contributed by atoms with E-state index < -0.39 is 5.97 Å². The summed E-state index contributed by atoms with van der Waals surface area (Å²) in [5.41, 5.74) is 2.09. The average molecular weight is 294 g/mol. The highest BCUT2D eigenvalue weighted by atomic mass is 32.1. The third-order valence-electron chi connectivity index (χ3n) is 2.96. The number of aromatic nitrogens is 2. The third kappa shape index (κ3) is 2.85. The van der Waals surface area contributed by atoms with Crippen LogP contribution in [0.1, 0.15) is 32.2 Å². The van der Waals surface area contributed by atoms with Gasteiger partial charge in [-0.15, -0.1) is 11.3 Å². The highest BCUT2D eigenvalue weighted by Gasteiger charge is 2.20. The van der Waals surface area contributed by atoms with E-state index >= 15 is 0 Å². The summed E-state index contributed by atoms with van der Waals surface area (Å²) >= 11 is 1.51. The van der Waals surface area contributed by atoms with Crippen LogP contribution < -0.4 is 0 Å². The van der Waals surface area contributed by atoms with Gasteiger partial charge in [-0.2, -0.15) is 0 Å². The van der Waals surface area contributed by atoms with Crippen molar-refractivity contribution in [1.29, 1.82) is 0 Å². The molecule has 0 unspecified atom stereocenters. The van der Waals surface area contributed by atoms with Crippen molar-refractivity contribution in [2.24, 2.45) is 0 Å². The first-order chi connectivity index (χ1) is 9.32. The van der Waals surface area contributed by atoms with Crippen molar-refractivity contribution in [3.63, 3.8) is 0 Å². The number of rotatable bonds is 4. The van der Waals surface area contributed by atoms with Crippen molar-refractivity contribution >= 4 is 22.3 Å². The molecular weight excluding hydrogens is 276 g/mol. The minimum Gasteiger partial charge on any atom is -0.504 e. The van der Waals surface area contributed by atoms with Gasteiger partial charge in [-0.05, 0) is 0 Å². The van der Waals surface area contributed by atoms with Crippen LogP contribution >= 0.6 is 11.3 Å². The number of hydrogen-bond acceptors (Lipinski definition) is 4. The molecule has 0 aromatic carbocycles. The van der Waals surface area contributed by atoms with Crippen molar-refractivity contribution in [1.82, 2.24) is 9.38 Å². The Labute approximate surface area is 121 Å². The van der Waals surface area contributed by atoms with Gasteiger partial charge < -0.3 is 9.84 Å². The molecule has 0 bridgehead atoms. The molecule has 5 nitrogen and oxygen atoms in total. The highest BCUT2D eigenvalue weighted by Crippen LogP contribution is 2.26. The number of ether oxygens (including phenoxy) is 1. The number of thiazole rings is 1. The molecule has 2 rings (SSSR count). The SMILES string of the molecule is CO/C=C(/Cc1csc2nc(C(C)(C)C)cn12)C(=O)O. The number of carboxylic acids is 1. The van der Waals surface area contributed by atoms with E-state index in [-0.39, 0.29) is 11.0 Å². The van der Waals surface area contributed by atoms with E-state index in [0.717, 1.165) is 16.3 Å². The zero-order valence-corrected chi connectivity index (χ0v) is 12.8. The minimum atomic E-state index is -0.970. The van der Waals surface area contributed by atoms with Gasteiger partial charge in [-0.1, -0.05) is 20.8 Å². The molecule has 0 saturated heterocycles. The second-order valence-electron chi connectivity index (χ2n) is 5.62. The van der Waals surface area contributed by atoms with Gasteiger partial charge in [0, 0.05) is 29.1 Å². The number of carbonyl (C=O) groups is 1. The average Bonchev–Trinajstić information content (AvgIpc) is 2.89. The van der Waals surface area contributed by atoms with Gasteiger partial charge in [-0.25, -0.2) is 9.78 Å². The van der Waals surface area contributed by atoms with Crippen LogP contribution in [0.15, 0.2) is 23.4 Å². The lowest BCUT2D eigenvalue weighted by Gasteiger charge is -2.13. The molecule has 0 aliphatic rings. The normalized spacial score (nSPS) is 12.9. The van der Waals surface area contributed by atoms with Crippen molar-refractivity contribution in [2.75, 3.05) is 7.11 Å². The Kier molecular flexibility index (Phi) is 3.85. The quantitative estimate of drug-likeness (QED) is 0.695. The first-order valence-corrected chi connectivity index (χ1v) is 7.12. The lowest BCUT2D eigenvalue weighted by atomic mass is 9.93. The van der Waals surface area contributed by atoms with Crippen LogP contribution in [0, 0.1) is 0 Å². The van der Waals surface area contributed by atoms with E-state index in [2.05, 4.69) is 25.8 Å². The van der Waals surface area contributed by atoms with Crippen LogP contribution in [-0.4, -0.2) is 27.6 Å². The summed E-state index contributed by atoms with van der Waals surface area (Å²) in [6, 6.07) is 0. The fourth-order valence-electron chi connectivity index (χ4n) is 1.82. The van der Waals surface area contributed by atoms with Gasteiger partial charge in [0.15, 0.2) is 4.96 Å². The monoisotopic (exact) mass is 294 g/mol. The van der Waals surface area contributed by atoms with E-state index in [1.165, 1.54) is 24.7 Å². The number of aliphatic carboxylic acids is 1. The summed E-state index contributed by atoms with van der Waals surface area (Å²) in [6.07, 6.45) is 3.56. The Balaban J connectivity index is 2.38. The van der Waals surface area contributed by atoms with E-state index in [4.69, 9.17) is 9.84 Å². The second kappa shape index (κ2) is 5.28. The molecular formula is C14H18N2O3S. The number of fused-ring (bicyclic) bond motifs is 1. The molecule has 0 aliphatic carbocycles. The number of imidazole rings is 1. The van der Waals surface area contributed by atoms with E-state index in [1.807, 2.05) is 16.0 Å². The van der Waals surface area contributed by atoms with Crippen molar-refractivity contribution in [3.05, 3.63) is 34.8 Å². The smallest absolute Gasteiger partial charge is 0.335 e. The molecule has 0 spiro atoms. The molecule has 0 radical (unpaired) electrons. The molecule has 0 amide bonds. The Morgan fingerprint density at radius 1 is 1.55 bits per heavy atom. The van der Waals surface area contributed by atoms with Gasteiger partial charge in [0.25, 0.3) is 0 Å². The van der Waals surface area contributed by atoms with Gasteiger partial charge in [0.1, 0.15) is 0 Å². The molecule has 0 saturated carbocycles. The fourth-order valence-corrected chi connectivity index (χ4v) is 2.70. The Hall–Kier alpha value is -1.82. The Morgan fingerprint density at radius 3 is 2.80 bits per heavy atom. The number of hydrogen-bond donors (Lipinski definition) is 1. The van der Waals surface area contributed by atoms with Gasteiger partial charge in [-0.3, -0.25) is 4.40 Å². The Bertz CT molecular complexity index is 662. The van der Waals surface area contributed by atoms with E-state index in [9.17, 15) is 4.79 Å². The summed E-state index contributed by atoms with van der Waals surface area (Å²) in [7, 11) is 1.45. The number of carboxylic acid groups (broad SMARTS) is 1. The maximum Gasteiger partial charge on any atom is 0.335 e. The van der Waals surface area contributed by atoms with Crippen LogP contribution in [-0.2, 0) is 21.4 Å². The lowest BCUT2D eigenvalue weighted by molar-refractivity contribution is -0.132. The fraction of sp³-hybridized carbons (Fsp3) is 0.429. The van der Waals surface area contributed by atoms with Crippen molar-refractivity contribution in [2.45, 2.75) is 32.6 Å². The van der Waals surface area contributed by atoms with Crippen LogP contribution in [0.2, 0.25) is 0 Å². The predicted octanol–water partition coefficient (Wildman–Crippen LogP) is 2.85. The first-order valence-electron chi connectivity index (χ1n) is 6.24. The zero-order chi connectivity index (χ0) is 14.9. The third-order valence-corrected chi connectivity index (χ3v) is 3.85. The van der Waals surface area contributed by atoms with Crippen LogP contribution in [0.5, 0.6) is 0 Å². The minimum absolute atomic E-state index is 0.0268. The standard InChI is InChI=1S/C14H18N2O3S/c1-14(2,3)11-6-16-10(8-20-13(16)15-11)5-9(7-19-4)12(17)18/h6-8H,5H2,1-4H3,(H,17,18)/b9-7-. The molecule has 20 heavy (non-hydrogen) atoms. The number of nitrogens with zero attached hydrogens (tertiary/aromatic N) is 2. The maximum absolute atomic E-state index is 11.1. The largest absolute Gasteiger partial charge is 0.504 e. The van der Waals surface area contributed by atoms with Crippen LogP contribution in [0.25, 0.3) is 4.96 Å². The molecule has 2 aromatic rings. The summed E-state index contributed by atoms with van der Waals surface area (Å²) in [4.78, 5) is 16.6. The topological polar surface area (TPSA) is 63.8 Å². The highest BCUT2D eigenvalue weighted by molar-refractivity contribution is 7.15. The molecule has 1 N–H and O–H groups in total. The van der Waals surface area contributed by atoms with Crippen molar-refractivity contribution in [3.8, 4) is 0 Å². The van der Waals surface area contributed by atoms with E-state index in [1.54, 1.807) is 0 Å². The van der Waals surface area contributed by atoms with E-state index in [0.29, 0.717) is 6.42 Å². The molecule has 2 aromatic heterocycles. The lowest BCUT2D eigenvalue weighted by Crippen LogP contribution is -2.11. The molecule has 0 aliphatic heterocycles. The van der Waals surface area contributed by atoms with Gasteiger partial charge in [0.05, 0.1) is 24.6 Å². The molecule has 108 valence electrons. The van der Waals surface area contributed by atoms with Crippen LogP contribution in [0.3, 0.4) is 0 Å². The molecule has 6 heteroatoms. The first kappa shape index (κ1) is 14.6. The van der Waals surface area contributed by atoms with Gasteiger partial charge in [0.2, 0.25) is 0 Å². The summed E-state index contributed by atoms with van der Waals surface area (Å²) in [6.45, 7) is 6.31. The number of methoxy groups -OCH3 is 1. The summed E-state index contributed by atoms with van der Waals surface area (Å²) in [5.74, 6) is -0.970. The molecule has 0 atom stereocenters. The molecule has 0 fully saturated rings. The predicted molar refractivity (Wildman–Crippen MR) is 78.2 cm³/mol. The van der Waals surface area contributed by atoms with Crippen LogP contribution in [0.4, 0.5) is 0 Å². The summed E-state index contributed by atoms with van der Waals surface area (Å²) < 4.78 is 6.78. The van der Waals surface area contributed by atoms with Crippen molar-refractivity contribution < 1.29 is 14.6 Å². The van der Waals surface area contributed by atoms with Gasteiger partial charge >= 0.3 is 5.97 Å². The molecule has 2 heterocycles. The zero-order valence-electron chi connectivity index (χ0n) is 12.0. The maximum atomic E-state index is 11.1. The summed E-state index contributed by atoms with van der Waals surface area (Å²) in [5, 5.41) is 11.1. The Morgan fingerprint density at radius 2 is 2.25 bits per heavy atom. The second-order valence-corrected chi connectivity index (χ2v) is 6.45.